The lowest BCUT2D eigenvalue weighted by Gasteiger charge is -2.20. The summed E-state index contributed by atoms with van der Waals surface area (Å²) in [4.78, 5) is 59.9. The first-order valence-electron chi connectivity index (χ1n) is 18.4. The molecule has 7 rings (SSSR count). The summed E-state index contributed by atoms with van der Waals surface area (Å²) in [5, 5.41) is 37.2. The van der Waals surface area contributed by atoms with Crippen LogP contribution in [0.1, 0.15) is 85.3 Å². The molecule has 1 aliphatic heterocycles. The van der Waals surface area contributed by atoms with Gasteiger partial charge in [-0.05, 0) is 70.0 Å². The minimum absolute atomic E-state index is 0.0342. The number of carbonyl (C=O) groups is 4. The van der Waals surface area contributed by atoms with E-state index in [2.05, 4.69) is 30.8 Å². The highest BCUT2D eigenvalue weighted by atomic mass is 16.5. The number of aliphatic hydroxyl groups excluding tert-OH is 2. The number of fused-ring (bicyclic) bond motifs is 1. The van der Waals surface area contributed by atoms with Crippen LogP contribution < -0.4 is 21.1 Å². The molecule has 0 spiro atoms. The predicted octanol–water partition coefficient (Wildman–Crippen LogP) is 2.99. The Hall–Kier alpha value is -6.40. The highest BCUT2D eigenvalue weighted by Crippen LogP contribution is 2.33. The molecule has 6 N–H and O–H groups in total. The average Bonchev–Trinajstić information content (AvgIpc) is 3.92. The van der Waals surface area contributed by atoms with Crippen LogP contribution in [0.25, 0.3) is 22.1 Å². The zero-order valence-corrected chi connectivity index (χ0v) is 31.4. The number of benzene rings is 2. The van der Waals surface area contributed by atoms with E-state index in [-0.39, 0.29) is 36.7 Å². The smallest absolute Gasteiger partial charge is 0.276 e. The number of hydrogen-bond donors (Lipinski definition) is 5. The van der Waals surface area contributed by atoms with Gasteiger partial charge in [0.1, 0.15) is 35.5 Å². The lowest BCUT2D eigenvalue weighted by Crippen LogP contribution is -2.31. The summed E-state index contributed by atoms with van der Waals surface area (Å²) in [5.41, 5.74) is 10.6. The van der Waals surface area contributed by atoms with Crippen molar-refractivity contribution < 1.29 is 34.1 Å². The first-order valence-corrected chi connectivity index (χ1v) is 18.4. The van der Waals surface area contributed by atoms with E-state index in [1.54, 1.807) is 54.9 Å². The third kappa shape index (κ3) is 7.11. The van der Waals surface area contributed by atoms with E-state index in [1.807, 2.05) is 23.0 Å². The zero-order valence-electron chi connectivity index (χ0n) is 31.4. The molecule has 0 aliphatic carbocycles. The zero-order chi connectivity index (χ0) is 39.8. The maximum absolute atomic E-state index is 13.9. The summed E-state index contributed by atoms with van der Waals surface area (Å²) in [6.45, 7) is 9.10. The monoisotopic (exact) mass is 765 g/mol. The Labute approximate surface area is 320 Å². The average molecular weight is 766 g/mol. The second-order valence-corrected chi connectivity index (χ2v) is 13.8. The summed E-state index contributed by atoms with van der Waals surface area (Å²) in [6, 6.07) is 9.83. The number of aldehydes is 1. The number of nitrogens with two attached hydrogens (primary N) is 1. The second-order valence-electron chi connectivity index (χ2n) is 13.8. The standard InChI is InChI=1S/C38H43N11O7/c1-5-10-46-27-8-7-23(34(39)53)17-25(27)40-37(46)42-35(54)28-14-20(3)44-49(28)11-9-29(51)30(52)18-24-21(4)45-48(6-2)32(24)36(55)43-38-41-26-15-22(19-50)16-31-33(26)47(38)12-13-56-31/h7-8,14-17,19,29-30,51-52H,5-6,9-13,18H2,1-4H3,(H2,39,53)(H,40,42,54)(H,41,43,55). The van der Waals surface area contributed by atoms with Crippen LogP contribution in [0, 0.1) is 13.8 Å². The number of aryl methyl sites for hydroxylation is 5. The lowest BCUT2D eigenvalue weighted by molar-refractivity contribution is 0.0120. The largest absolute Gasteiger partial charge is 0.489 e. The van der Waals surface area contributed by atoms with Gasteiger partial charge in [0.2, 0.25) is 17.8 Å². The highest BCUT2D eigenvalue weighted by Gasteiger charge is 2.29. The molecule has 2 aromatic carbocycles. The molecule has 0 saturated carbocycles. The second kappa shape index (κ2) is 15.4. The Bertz CT molecular complexity index is 2510. The third-order valence-electron chi connectivity index (χ3n) is 9.86. The number of ether oxygens (including phenoxy) is 1. The molecular formula is C38H43N11O7. The summed E-state index contributed by atoms with van der Waals surface area (Å²) in [5.74, 6) is -0.482. The topological polar surface area (TPSA) is 239 Å². The molecule has 1 aliphatic rings. The highest BCUT2D eigenvalue weighted by molar-refractivity contribution is 6.05. The van der Waals surface area contributed by atoms with E-state index in [1.165, 1.54) is 4.68 Å². The normalized spacial score (nSPS) is 13.5. The molecule has 0 radical (unpaired) electrons. The van der Waals surface area contributed by atoms with Gasteiger partial charge in [0.05, 0.1) is 46.7 Å². The van der Waals surface area contributed by atoms with Crippen molar-refractivity contribution in [2.45, 2.75) is 85.3 Å². The molecule has 2 unspecified atom stereocenters. The van der Waals surface area contributed by atoms with Crippen LogP contribution in [-0.2, 0) is 32.6 Å². The first kappa shape index (κ1) is 37.9. The van der Waals surface area contributed by atoms with Crippen molar-refractivity contribution in [3.63, 3.8) is 0 Å². The number of nitrogens with zero attached hydrogens (tertiary/aromatic N) is 8. The van der Waals surface area contributed by atoms with E-state index in [0.717, 1.165) is 11.9 Å². The fraction of sp³-hybridized carbons (Fsp3) is 0.368. The fourth-order valence-electron chi connectivity index (χ4n) is 7.18. The van der Waals surface area contributed by atoms with Crippen LogP contribution in [-0.4, -0.2) is 91.7 Å². The van der Waals surface area contributed by atoms with Gasteiger partial charge in [0, 0.05) is 42.7 Å². The molecule has 4 aromatic heterocycles. The Kier molecular flexibility index (Phi) is 10.4. The predicted molar refractivity (Wildman–Crippen MR) is 205 cm³/mol. The summed E-state index contributed by atoms with van der Waals surface area (Å²) in [7, 11) is 0. The number of imidazole rings is 2. The number of aliphatic hydroxyl groups is 2. The lowest BCUT2D eigenvalue weighted by atomic mass is 9.99. The molecule has 5 heterocycles. The molecular weight excluding hydrogens is 722 g/mol. The summed E-state index contributed by atoms with van der Waals surface area (Å²) >= 11 is 0. The first-order chi connectivity index (χ1) is 26.9. The van der Waals surface area contributed by atoms with Gasteiger partial charge in [0.15, 0.2) is 0 Å². The van der Waals surface area contributed by atoms with Crippen LogP contribution in [0.5, 0.6) is 5.75 Å². The number of nitrogens with one attached hydrogen (secondary N) is 2. The van der Waals surface area contributed by atoms with Crippen molar-refractivity contribution in [3.05, 3.63) is 75.9 Å². The molecule has 292 valence electrons. The molecule has 0 fully saturated rings. The van der Waals surface area contributed by atoms with Gasteiger partial charge in [-0.15, -0.1) is 0 Å². The van der Waals surface area contributed by atoms with Crippen molar-refractivity contribution in [3.8, 4) is 5.75 Å². The van der Waals surface area contributed by atoms with E-state index in [4.69, 9.17) is 10.5 Å². The van der Waals surface area contributed by atoms with Gasteiger partial charge >= 0.3 is 0 Å². The fourth-order valence-corrected chi connectivity index (χ4v) is 7.18. The number of rotatable bonds is 15. The van der Waals surface area contributed by atoms with Crippen LogP contribution in [0.3, 0.4) is 0 Å². The van der Waals surface area contributed by atoms with Crippen molar-refractivity contribution in [1.82, 2.24) is 38.7 Å². The number of hydrogen-bond acceptors (Lipinski definition) is 11. The molecule has 2 atom stereocenters. The van der Waals surface area contributed by atoms with E-state index >= 15 is 0 Å². The molecule has 0 saturated heterocycles. The van der Waals surface area contributed by atoms with Crippen LogP contribution >= 0.6 is 0 Å². The number of primary amides is 1. The van der Waals surface area contributed by atoms with E-state index in [0.29, 0.717) is 88.9 Å². The van der Waals surface area contributed by atoms with Gasteiger partial charge < -0.3 is 29.8 Å². The number of amides is 3. The van der Waals surface area contributed by atoms with E-state index < -0.39 is 29.9 Å². The van der Waals surface area contributed by atoms with Crippen LogP contribution in [0.15, 0.2) is 36.4 Å². The van der Waals surface area contributed by atoms with Gasteiger partial charge in [-0.1, -0.05) is 6.92 Å². The summed E-state index contributed by atoms with van der Waals surface area (Å²) in [6.07, 6.45) is -1.12. The van der Waals surface area contributed by atoms with Gasteiger partial charge in [-0.25, -0.2) is 9.97 Å². The maximum atomic E-state index is 13.9. The Morgan fingerprint density at radius 2 is 1.71 bits per heavy atom. The Balaban J connectivity index is 1.05. The molecule has 18 heteroatoms. The Morgan fingerprint density at radius 3 is 2.45 bits per heavy atom. The van der Waals surface area contributed by atoms with Gasteiger partial charge in [-0.2, -0.15) is 10.2 Å². The molecule has 0 bridgehead atoms. The molecule has 56 heavy (non-hydrogen) atoms. The quantitative estimate of drug-likeness (QED) is 0.0953. The minimum Gasteiger partial charge on any atom is -0.489 e. The van der Waals surface area contributed by atoms with Crippen molar-refractivity contribution >= 4 is 58.0 Å². The Morgan fingerprint density at radius 1 is 0.946 bits per heavy atom. The van der Waals surface area contributed by atoms with Crippen LogP contribution in [0.4, 0.5) is 11.9 Å². The number of carbonyl (C=O) groups excluding carboxylic acids is 4. The minimum atomic E-state index is -1.29. The van der Waals surface area contributed by atoms with Crippen molar-refractivity contribution in [1.29, 1.82) is 0 Å². The van der Waals surface area contributed by atoms with Crippen LogP contribution in [0.2, 0.25) is 0 Å². The van der Waals surface area contributed by atoms with Crippen molar-refractivity contribution in [2.75, 3.05) is 17.2 Å². The van der Waals surface area contributed by atoms with Gasteiger partial charge in [-0.3, -0.25) is 39.2 Å². The van der Waals surface area contributed by atoms with Gasteiger partial charge in [0.25, 0.3) is 11.8 Å². The SMILES string of the molecule is CCCn1c(NC(=O)c2cc(C)nn2CCC(O)C(O)Cc2c(C)nn(CC)c2C(=O)Nc2nc3cc(C=O)cc4c3n2CCO4)nc2cc(C(N)=O)ccc21. The molecule has 6 aromatic rings. The third-order valence-corrected chi connectivity index (χ3v) is 9.86. The maximum Gasteiger partial charge on any atom is 0.276 e. The molecule has 3 amide bonds. The van der Waals surface area contributed by atoms with E-state index in [9.17, 15) is 29.4 Å². The molecule has 18 nitrogen and oxygen atoms in total. The number of anilines is 2. The van der Waals surface area contributed by atoms with Crippen molar-refractivity contribution in [2.24, 2.45) is 5.73 Å². The number of aromatic nitrogens is 8. The summed E-state index contributed by atoms with van der Waals surface area (Å²) < 4.78 is 12.4.